The SMILES string of the molecule is COc1cc(OC)cc(-c2nnc(SCc3ccccc3C#N)n2-c2ccc(C)cc2)c1. The standard InChI is InChI=1S/C25H22N4O2S/c1-17-8-10-21(11-9-17)29-24(20-12-22(30-2)14-23(13-20)31-3)27-28-25(29)32-16-19-7-5-4-6-18(19)15-26/h4-14H,16H2,1-3H3. The first-order valence-corrected chi connectivity index (χ1v) is 11.0. The van der Waals surface area contributed by atoms with Crippen LogP contribution in [0.3, 0.4) is 0 Å². The first-order valence-electron chi connectivity index (χ1n) is 9.99. The molecule has 7 heteroatoms. The van der Waals surface area contributed by atoms with E-state index in [1.807, 2.05) is 59.2 Å². The summed E-state index contributed by atoms with van der Waals surface area (Å²) < 4.78 is 12.9. The molecule has 0 aliphatic rings. The molecule has 0 aliphatic heterocycles. The molecule has 0 spiro atoms. The number of hydrogen-bond acceptors (Lipinski definition) is 6. The van der Waals surface area contributed by atoms with Gasteiger partial charge in [0.05, 0.1) is 25.9 Å². The van der Waals surface area contributed by atoms with E-state index in [1.165, 1.54) is 17.3 Å². The fourth-order valence-corrected chi connectivity index (χ4v) is 4.27. The molecule has 3 aromatic carbocycles. The maximum absolute atomic E-state index is 9.41. The molecule has 0 radical (unpaired) electrons. The van der Waals surface area contributed by atoms with Crippen LogP contribution in [0.4, 0.5) is 0 Å². The first kappa shape index (κ1) is 21.5. The van der Waals surface area contributed by atoms with Crippen LogP contribution in [0, 0.1) is 18.3 Å². The van der Waals surface area contributed by atoms with E-state index in [0.717, 1.165) is 22.0 Å². The number of hydrogen-bond donors (Lipinski definition) is 0. The Kier molecular flexibility index (Phi) is 6.43. The molecule has 4 aromatic rings. The topological polar surface area (TPSA) is 73.0 Å². The molecule has 0 aliphatic carbocycles. The maximum atomic E-state index is 9.41. The summed E-state index contributed by atoms with van der Waals surface area (Å²) in [6.07, 6.45) is 0. The highest BCUT2D eigenvalue weighted by atomic mass is 32.2. The Morgan fingerprint density at radius 1 is 0.938 bits per heavy atom. The van der Waals surface area contributed by atoms with Crippen LogP contribution in [-0.2, 0) is 5.75 Å². The van der Waals surface area contributed by atoms with Gasteiger partial charge in [-0.3, -0.25) is 4.57 Å². The number of aromatic nitrogens is 3. The van der Waals surface area contributed by atoms with Crippen molar-refractivity contribution in [2.45, 2.75) is 17.8 Å². The second-order valence-corrected chi connectivity index (χ2v) is 8.08. The van der Waals surface area contributed by atoms with E-state index in [4.69, 9.17) is 9.47 Å². The van der Waals surface area contributed by atoms with E-state index in [0.29, 0.717) is 28.6 Å². The molecule has 6 nitrogen and oxygen atoms in total. The second-order valence-electron chi connectivity index (χ2n) is 7.14. The van der Waals surface area contributed by atoms with E-state index >= 15 is 0 Å². The predicted molar refractivity (Wildman–Crippen MR) is 125 cm³/mol. The van der Waals surface area contributed by atoms with Crippen molar-refractivity contribution in [1.29, 1.82) is 5.26 Å². The van der Waals surface area contributed by atoms with E-state index in [1.54, 1.807) is 14.2 Å². The van der Waals surface area contributed by atoms with Gasteiger partial charge in [0.1, 0.15) is 11.5 Å². The first-order chi connectivity index (χ1) is 15.6. The Balaban J connectivity index is 1.79. The Morgan fingerprint density at radius 2 is 1.62 bits per heavy atom. The molecular weight excluding hydrogens is 420 g/mol. The minimum absolute atomic E-state index is 0.606. The number of benzene rings is 3. The van der Waals surface area contributed by atoms with Gasteiger partial charge in [0.25, 0.3) is 0 Å². The van der Waals surface area contributed by atoms with Gasteiger partial charge in [-0.15, -0.1) is 10.2 Å². The van der Waals surface area contributed by atoms with Crippen molar-refractivity contribution in [3.05, 3.63) is 83.4 Å². The fraction of sp³-hybridized carbons (Fsp3) is 0.160. The largest absolute Gasteiger partial charge is 0.497 e. The third kappa shape index (κ3) is 4.46. The Morgan fingerprint density at radius 3 is 2.28 bits per heavy atom. The van der Waals surface area contributed by atoms with Gasteiger partial charge in [-0.05, 0) is 42.8 Å². The smallest absolute Gasteiger partial charge is 0.196 e. The molecule has 0 atom stereocenters. The number of rotatable bonds is 7. The summed E-state index contributed by atoms with van der Waals surface area (Å²) in [5.74, 6) is 2.64. The Bertz CT molecular complexity index is 1250. The normalized spacial score (nSPS) is 10.6. The summed E-state index contributed by atoms with van der Waals surface area (Å²) in [4.78, 5) is 0. The number of aryl methyl sites for hydroxylation is 1. The summed E-state index contributed by atoms with van der Waals surface area (Å²) in [5.41, 5.74) is 4.58. The average molecular weight is 443 g/mol. The fourth-order valence-electron chi connectivity index (χ4n) is 3.31. The van der Waals surface area contributed by atoms with Crippen molar-refractivity contribution in [2.24, 2.45) is 0 Å². The summed E-state index contributed by atoms with van der Waals surface area (Å²) >= 11 is 1.54. The molecule has 0 saturated carbocycles. The van der Waals surface area contributed by atoms with Gasteiger partial charge >= 0.3 is 0 Å². The van der Waals surface area contributed by atoms with Gasteiger partial charge in [0, 0.05) is 23.1 Å². The van der Waals surface area contributed by atoms with Crippen molar-refractivity contribution < 1.29 is 9.47 Å². The second kappa shape index (κ2) is 9.58. The zero-order chi connectivity index (χ0) is 22.5. The number of ether oxygens (including phenoxy) is 2. The molecule has 160 valence electrons. The van der Waals surface area contributed by atoms with Gasteiger partial charge in [0.2, 0.25) is 0 Å². The number of nitriles is 1. The van der Waals surface area contributed by atoms with Crippen LogP contribution in [0.25, 0.3) is 17.1 Å². The van der Waals surface area contributed by atoms with Crippen LogP contribution in [-0.4, -0.2) is 29.0 Å². The summed E-state index contributed by atoms with van der Waals surface area (Å²) in [6.45, 7) is 2.05. The molecule has 0 unspecified atom stereocenters. The molecule has 0 amide bonds. The highest BCUT2D eigenvalue weighted by Crippen LogP contribution is 2.34. The highest BCUT2D eigenvalue weighted by molar-refractivity contribution is 7.98. The van der Waals surface area contributed by atoms with Gasteiger partial charge in [-0.2, -0.15) is 5.26 Å². The van der Waals surface area contributed by atoms with Gasteiger partial charge in [0.15, 0.2) is 11.0 Å². The quantitative estimate of drug-likeness (QED) is 0.356. The van der Waals surface area contributed by atoms with Crippen molar-refractivity contribution in [1.82, 2.24) is 14.8 Å². The zero-order valence-corrected chi connectivity index (χ0v) is 18.9. The van der Waals surface area contributed by atoms with Crippen LogP contribution >= 0.6 is 11.8 Å². The van der Waals surface area contributed by atoms with Crippen molar-refractivity contribution in [2.75, 3.05) is 14.2 Å². The van der Waals surface area contributed by atoms with E-state index in [2.05, 4.69) is 35.3 Å². The lowest BCUT2D eigenvalue weighted by atomic mass is 10.1. The zero-order valence-electron chi connectivity index (χ0n) is 18.1. The number of thioether (sulfide) groups is 1. The lowest BCUT2D eigenvalue weighted by molar-refractivity contribution is 0.394. The average Bonchev–Trinajstić information content (AvgIpc) is 3.27. The van der Waals surface area contributed by atoms with Gasteiger partial charge < -0.3 is 9.47 Å². The lowest BCUT2D eigenvalue weighted by Gasteiger charge is -2.13. The van der Waals surface area contributed by atoms with Crippen molar-refractivity contribution in [3.8, 4) is 34.6 Å². The third-order valence-corrected chi connectivity index (χ3v) is 6.01. The molecular formula is C25H22N4O2S. The van der Waals surface area contributed by atoms with Crippen LogP contribution < -0.4 is 9.47 Å². The molecule has 0 N–H and O–H groups in total. The van der Waals surface area contributed by atoms with E-state index < -0.39 is 0 Å². The lowest BCUT2D eigenvalue weighted by Crippen LogP contribution is -2.01. The molecule has 1 aromatic heterocycles. The van der Waals surface area contributed by atoms with Crippen LogP contribution in [0.5, 0.6) is 11.5 Å². The Hall–Kier alpha value is -3.76. The van der Waals surface area contributed by atoms with Crippen LogP contribution in [0.2, 0.25) is 0 Å². The maximum Gasteiger partial charge on any atom is 0.196 e. The van der Waals surface area contributed by atoms with Gasteiger partial charge in [-0.1, -0.05) is 47.7 Å². The van der Waals surface area contributed by atoms with E-state index in [9.17, 15) is 5.26 Å². The van der Waals surface area contributed by atoms with Crippen LogP contribution in [0.1, 0.15) is 16.7 Å². The Labute approximate surface area is 191 Å². The summed E-state index contributed by atoms with van der Waals surface area (Å²) in [6, 6.07) is 23.7. The third-order valence-electron chi connectivity index (χ3n) is 5.03. The van der Waals surface area contributed by atoms with Crippen molar-refractivity contribution >= 4 is 11.8 Å². The minimum atomic E-state index is 0.606. The predicted octanol–water partition coefficient (Wildman–Crippen LogP) is 5.42. The monoisotopic (exact) mass is 442 g/mol. The summed E-state index contributed by atoms with van der Waals surface area (Å²) in [7, 11) is 3.24. The van der Waals surface area contributed by atoms with Crippen molar-refractivity contribution in [3.63, 3.8) is 0 Å². The highest BCUT2D eigenvalue weighted by Gasteiger charge is 2.18. The van der Waals surface area contributed by atoms with Crippen LogP contribution in [0.15, 0.2) is 71.9 Å². The van der Waals surface area contributed by atoms with Gasteiger partial charge in [-0.25, -0.2) is 0 Å². The molecule has 1 heterocycles. The molecule has 4 rings (SSSR count). The molecule has 0 fully saturated rings. The molecule has 0 saturated heterocycles. The minimum Gasteiger partial charge on any atom is -0.497 e. The van der Waals surface area contributed by atoms with E-state index in [-0.39, 0.29) is 0 Å². The summed E-state index contributed by atoms with van der Waals surface area (Å²) in [5, 5.41) is 19.1. The molecule has 32 heavy (non-hydrogen) atoms. The number of nitrogens with zero attached hydrogens (tertiary/aromatic N) is 4. The number of methoxy groups -OCH3 is 2. The molecule has 0 bridgehead atoms.